The van der Waals surface area contributed by atoms with Gasteiger partial charge in [-0.1, -0.05) is 11.8 Å². The number of pyridine rings is 1. The summed E-state index contributed by atoms with van der Waals surface area (Å²) in [6, 6.07) is 7.40. The maximum Gasteiger partial charge on any atom is 0.237 e. The van der Waals surface area contributed by atoms with Crippen LogP contribution in [0.15, 0.2) is 58.7 Å². The number of amides is 1. The summed E-state index contributed by atoms with van der Waals surface area (Å²) >= 11 is 1.28. The van der Waals surface area contributed by atoms with Crippen molar-refractivity contribution in [1.29, 1.82) is 0 Å². The number of carbonyl (C=O) groups is 2. The number of carbonyl (C=O) groups excluding carboxylic acids is 2. The molecular formula is C23H21N7O3S. The quantitative estimate of drug-likeness (QED) is 0.400. The third kappa shape index (κ3) is 4.46. The summed E-state index contributed by atoms with van der Waals surface area (Å²) in [6.45, 7) is 2.66. The standard InChI is InChI=1S/C23H21N7O3S/c1-2-30-21(14-5-7-24-8-6-14)28-29-23(30)34-13-20(32)27-22-25-12-16-17(26-22)10-15(11-18(16)31)19-4-3-9-33-19/h3-9,12,15H,2,10-11,13H2,1H3,(H,25,26,27,32)/t15-/m1/s1. The minimum absolute atomic E-state index is 0.0278. The molecule has 0 aromatic carbocycles. The van der Waals surface area contributed by atoms with Gasteiger partial charge in [0.15, 0.2) is 16.8 Å². The predicted molar refractivity (Wildman–Crippen MR) is 124 cm³/mol. The fourth-order valence-electron chi connectivity index (χ4n) is 3.92. The van der Waals surface area contributed by atoms with Gasteiger partial charge < -0.3 is 8.98 Å². The summed E-state index contributed by atoms with van der Waals surface area (Å²) < 4.78 is 7.42. The highest BCUT2D eigenvalue weighted by Gasteiger charge is 2.29. The zero-order valence-corrected chi connectivity index (χ0v) is 19.2. The molecule has 0 spiro atoms. The van der Waals surface area contributed by atoms with Crippen LogP contribution in [-0.4, -0.2) is 47.2 Å². The van der Waals surface area contributed by atoms with Crippen LogP contribution in [0.3, 0.4) is 0 Å². The van der Waals surface area contributed by atoms with Crippen molar-refractivity contribution in [3.8, 4) is 11.4 Å². The Hall–Kier alpha value is -3.86. The van der Waals surface area contributed by atoms with Gasteiger partial charge >= 0.3 is 0 Å². The molecule has 0 radical (unpaired) electrons. The Morgan fingerprint density at radius 2 is 2.09 bits per heavy atom. The molecule has 10 nitrogen and oxygen atoms in total. The van der Waals surface area contributed by atoms with Crippen LogP contribution in [0.5, 0.6) is 0 Å². The lowest BCUT2D eigenvalue weighted by Gasteiger charge is -2.21. The lowest BCUT2D eigenvalue weighted by atomic mass is 9.85. The molecule has 4 heterocycles. The first-order chi connectivity index (χ1) is 16.6. The summed E-state index contributed by atoms with van der Waals surface area (Å²) in [7, 11) is 0. The highest BCUT2D eigenvalue weighted by Crippen LogP contribution is 2.32. The summed E-state index contributed by atoms with van der Waals surface area (Å²) in [4.78, 5) is 37.7. The van der Waals surface area contributed by atoms with Gasteiger partial charge in [-0.3, -0.25) is 19.9 Å². The molecule has 0 saturated heterocycles. The molecule has 1 aliphatic rings. The van der Waals surface area contributed by atoms with E-state index in [0.29, 0.717) is 35.8 Å². The molecule has 0 unspecified atom stereocenters. The second-order valence-electron chi connectivity index (χ2n) is 7.72. The molecule has 5 rings (SSSR count). The number of nitrogens with one attached hydrogen (secondary N) is 1. The zero-order chi connectivity index (χ0) is 23.5. The van der Waals surface area contributed by atoms with Crippen LogP contribution < -0.4 is 5.32 Å². The zero-order valence-electron chi connectivity index (χ0n) is 18.3. The Morgan fingerprint density at radius 1 is 1.24 bits per heavy atom. The summed E-state index contributed by atoms with van der Waals surface area (Å²) in [5.74, 6) is 1.40. The Labute approximate surface area is 199 Å². The molecule has 4 aromatic heterocycles. The van der Waals surface area contributed by atoms with Gasteiger partial charge in [-0.25, -0.2) is 9.97 Å². The van der Waals surface area contributed by atoms with Crippen molar-refractivity contribution in [2.75, 3.05) is 11.1 Å². The van der Waals surface area contributed by atoms with E-state index in [0.717, 1.165) is 17.1 Å². The molecule has 0 saturated carbocycles. The molecule has 0 aliphatic heterocycles. The molecule has 34 heavy (non-hydrogen) atoms. The highest BCUT2D eigenvalue weighted by molar-refractivity contribution is 7.99. The molecule has 0 fully saturated rings. The Morgan fingerprint density at radius 3 is 2.85 bits per heavy atom. The molecular weight excluding hydrogens is 454 g/mol. The first kappa shape index (κ1) is 22.0. The van der Waals surface area contributed by atoms with Gasteiger partial charge in [-0.05, 0) is 31.2 Å². The van der Waals surface area contributed by atoms with Crippen molar-refractivity contribution in [3.63, 3.8) is 0 Å². The van der Waals surface area contributed by atoms with Crippen molar-refractivity contribution in [3.05, 3.63) is 66.1 Å². The number of rotatable bonds is 7. The van der Waals surface area contributed by atoms with Crippen molar-refractivity contribution >= 4 is 29.4 Å². The van der Waals surface area contributed by atoms with Crippen molar-refractivity contribution in [1.82, 2.24) is 29.7 Å². The number of thioether (sulfide) groups is 1. The lowest BCUT2D eigenvalue weighted by molar-refractivity contribution is -0.113. The fraction of sp³-hybridized carbons (Fsp3) is 0.261. The van der Waals surface area contributed by atoms with Crippen LogP contribution in [0.25, 0.3) is 11.4 Å². The van der Waals surface area contributed by atoms with Crippen LogP contribution in [0.4, 0.5) is 5.95 Å². The van der Waals surface area contributed by atoms with Crippen molar-refractivity contribution in [2.45, 2.75) is 37.4 Å². The van der Waals surface area contributed by atoms with E-state index >= 15 is 0 Å². The number of furan rings is 1. The first-order valence-corrected chi connectivity index (χ1v) is 11.8. The van der Waals surface area contributed by atoms with E-state index < -0.39 is 0 Å². The van der Waals surface area contributed by atoms with E-state index in [1.54, 1.807) is 24.7 Å². The smallest absolute Gasteiger partial charge is 0.237 e. The third-order valence-electron chi connectivity index (χ3n) is 5.54. The minimum atomic E-state index is -0.272. The molecule has 0 bridgehead atoms. The largest absolute Gasteiger partial charge is 0.469 e. The van der Waals surface area contributed by atoms with Gasteiger partial charge in [-0.2, -0.15) is 0 Å². The van der Waals surface area contributed by atoms with Gasteiger partial charge in [-0.15, -0.1) is 10.2 Å². The molecule has 4 aromatic rings. The fourth-order valence-corrected chi connectivity index (χ4v) is 4.72. The maximum absolute atomic E-state index is 12.6. The number of ketones is 1. The van der Waals surface area contributed by atoms with E-state index in [2.05, 4.69) is 30.5 Å². The number of aromatic nitrogens is 6. The Kier molecular flexibility index (Phi) is 6.17. The molecule has 172 valence electrons. The number of nitrogens with zero attached hydrogens (tertiary/aromatic N) is 6. The maximum atomic E-state index is 12.6. The number of hydrogen-bond donors (Lipinski definition) is 1. The average Bonchev–Trinajstić information content (AvgIpc) is 3.53. The SMILES string of the molecule is CCn1c(SCC(=O)Nc2ncc3c(n2)C[C@@H](c2ccco2)CC3=O)nnc1-c1ccncc1. The van der Waals surface area contributed by atoms with Gasteiger partial charge in [0.05, 0.1) is 23.3 Å². The van der Waals surface area contributed by atoms with Gasteiger partial charge in [0.2, 0.25) is 11.9 Å². The van der Waals surface area contributed by atoms with Crippen LogP contribution in [0.1, 0.15) is 41.1 Å². The number of hydrogen-bond acceptors (Lipinski definition) is 9. The normalized spacial score (nSPS) is 15.2. The van der Waals surface area contributed by atoms with E-state index in [1.807, 2.05) is 29.7 Å². The Balaban J connectivity index is 1.25. The van der Waals surface area contributed by atoms with Crippen LogP contribution in [-0.2, 0) is 17.8 Å². The topological polar surface area (TPSA) is 129 Å². The molecule has 1 aliphatic carbocycles. The van der Waals surface area contributed by atoms with E-state index in [9.17, 15) is 9.59 Å². The van der Waals surface area contributed by atoms with Gasteiger partial charge in [0.25, 0.3) is 0 Å². The Bertz CT molecular complexity index is 1320. The second-order valence-corrected chi connectivity index (χ2v) is 8.66. The van der Waals surface area contributed by atoms with Crippen molar-refractivity contribution in [2.24, 2.45) is 0 Å². The van der Waals surface area contributed by atoms with E-state index in [4.69, 9.17) is 4.42 Å². The molecule has 1 amide bonds. The molecule has 11 heteroatoms. The van der Waals surface area contributed by atoms with Crippen LogP contribution in [0, 0.1) is 0 Å². The van der Waals surface area contributed by atoms with E-state index in [-0.39, 0.29) is 29.3 Å². The monoisotopic (exact) mass is 475 g/mol. The highest BCUT2D eigenvalue weighted by atomic mass is 32.2. The number of Topliss-reactive ketones (excluding diaryl/α,β-unsaturated/α-hetero) is 1. The van der Waals surface area contributed by atoms with Gasteiger partial charge in [0, 0.05) is 49.5 Å². The summed E-state index contributed by atoms with van der Waals surface area (Å²) in [5.41, 5.74) is 2.02. The number of fused-ring (bicyclic) bond motifs is 1. The third-order valence-corrected chi connectivity index (χ3v) is 6.51. The van der Waals surface area contributed by atoms with E-state index in [1.165, 1.54) is 18.0 Å². The van der Waals surface area contributed by atoms with Crippen molar-refractivity contribution < 1.29 is 14.0 Å². The van der Waals surface area contributed by atoms with Crippen LogP contribution >= 0.6 is 11.8 Å². The second kappa shape index (κ2) is 9.56. The molecule has 1 atom stereocenters. The summed E-state index contributed by atoms with van der Waals surface area (Å²) in [6.07, 6.45) is 7.39. The predicted octanol–water partition coefficient (Wildman–Crippen LogP) is 3.39. The minimum Gasteiger partial charge on any atom is -0.469 e. The lowest BCUT2D eigenvalue weighted by Crippen LogP contribution is -2.22. The summed E-state index contributed by atoms with van der Waals surface area (Å²) in [5, 5.41) is 11.9. The first-order valence-electron chi connectivity index (χ1n) is 10.8. The van der Waals surface area contributed by atoms with Gasteiger partial charge in [0.1, 0.15) is 5.76 Å². The van der Waals surface area contributed by atoms with Crippen LogP contribution in [0.2, 0.25) is 0 Å². The average molecular weight is 476 g/mol. The number of anilines is 1. The molecule has 1 N–H and O–H groups in total.